The highest BCUT2D eigenvalue weighted by molar-refractivity contribution is 5.56. The first kappa shape index (κ1) is 11.9. The van der Waals surface area contributed by atoms with Crippen molar-refractivity contribution in [1.82, 2.24) is 10.3 Å². The summed E-state index contributed by atoms with van der Waals surface area (Å²) in [4.78, 5) is 6.43. The number of nitrogens with zero attached hydrogens (tertiary/aromatic N) is 3. The Balaban J connectivity index is 2.25. The summed E-state index contributed by atoms with van der Waals surface area (Å²) >= 11 is 0. The van der Waals surface area contributed by atoms with Gasteiger partial charge < -0.3 is 10.2 Å². The Kier molecular flexibility index (Phi) is 3.94. The zero-order valence-corrected chi connectivity index (χ0v) is 10.2. The minimum Gasteiger partial charge on any atom is -0.365 e. The van der Waals surface area contributed by atoms with Crippen molar-refractivity contribution < 1.29 is 0 Å². The van der Waals surface area contributed by atoms with Crippen LogP contribution in [0.3, 0.4) is 0 Å². The predicted octanol–water partition coefficient (Wildman–Crippen LogP) is 1.53. The van der Waals surface area contributed by atoms with Crippen LogP contribution in [0, 0.1) is 11.3 Å². The SMILES string of the molecule is CCN(c1cccnc1C#N)C1CCCNC1. The molecule has 1 fully saturated rings. The molecule has 1 atom stereocenters. The maximum Gasteiger partial charge on any atom is 0.163 e. The third-order valence-corrected chi connectivity index (χ3v) is 3.25. The van der Waals surface area contributed by atoms with E-state index in [9.17, 15) is 0 Å². The van der Waals surface area contributed by atoms with E-state index >= 15 is 0 Å². The highest BCUT2D eigenvalue weighted by atomic mass is 15.2. The van der Waals surface area contributed by atoms with Crippen LogP contribution in [-0.2, 0) is 0 Å². The molecule has 1 aromatic rings. The van der Waals surface area contributed by atoms with Gasteiger partial charge in [0, 0.05) is 25.3 Å². The number of nitrogens with one attached hydrogen (secondary N) is 1. The molecule has 0 aliphatic carbocycles. The first-order chi connectivity index (χ1) is 8.36. The summed E-state index contributed by atoms with van der Waals surface area (Å²) in [6, 6.07) is 6.54. The van der Waals surface area contributed by atoms with E-state index in [4.69, 9.17) is 5.26 Å². The molecule has 0 bridgehead atoms. The third-order valence-electron chi connectivity index (χ3n) is 3.25. The zero-order chi connectivity index (χ0) is 12.1. The fourth-order valence-electron chi connectivity index (χ4n) is 2.44. The van der Waals surface area contributed by atoms with E-state index < -0.39 is 0 Å². The van der Waals surface area contributed by atoms with Crippen LogP contribution < -0.4 is 10.2 Å². The largest absolute Gasteiger partial charge is 0.365 e. The smallest absolute Gasteiger partial charge is 0.163 e. The monoisotopic (exact) mass is 230 g/mol. The molecule has 1 aliphatic rings. The van der Waals surface area contributed by atoms with Crippen LogP contribution in [0.4, 0.5) is 5.69 Å². The lowest BCUT2D eigenvalue weighted by atomic mass is 10.0. The van der Waals surface area contributed by atoms with E-state index in [2.05, 4.69) is 28.2 Å². The molecular formula is C13H18N4. The Morgan fingerprint density at radius 2 is 2.53 bits per heavy atom. The summed E-state index contributed by atoms with van der Waals surface area (Å²) in [7, 11) is 0. The second-order valence-electron chi connectivity index (χ2n) is 4.27. The molecule has 0 aromatic carbocycles. The standard InChI is InChI=1S/C13H18N4/c1-2-17(11-5-3-7-15-10-11)13-6-4-8-16-12(13)9-14/h4,6,8,11,15H,2-3,5,7,10H2,1H3. The van der Waals surface area contributed by atoms with E-state index in [1.807, 2.05) is 12.1 Å². The maximum absolute atomic E-state index is 9.11. The molecule has 1 N–H and O–H groups in total. The van der Waals surface area contributed by atoms with Gasteiger partial charge in [-0.25, -0.2) is 4.98 Å². The highest BCUT2D eigenvalue weighted by Crippen LogP contribution is 2.22. The average molecular weight is 230 g/mol. The maximum atomic E-state index is 9.11. The highest BCUT2D eigenvalue weighted by Gasteiger charge is 2.22. The third kappa shape index (κ3) is 2.56. The lowest BCUT2D eigenvalue weighted by Crippen LogP contribution is -2.46. The topological polar surface area (TPSA) is 52.0 Å². The minimum atomic E-state index is 0.477. The molecule has 4 nitrogen and oxygen atoms in total. The van der Waals surface area contributed by atoms with Crippen molar-refractivity contribution in [3.05, 3.63) is 24.0 Å². The molecule has 90 valence electrons. The Bertz CT molecular complexity index is 404. The lowest BCUT2D eigenvalue weighted by molar-refractivity contribution is 0.435. The molecule has 0 spiro atoms. The fraction of sp³-hybridized carbons (Fsp3) is 0.538. The molecule has 2 heterocycles. The second-order valence-corrected chi connectivity index (χ2v) is 4.27. The van der Waals surface area contributed by atoms with Gasteiger partial charge in [-0.2, -0.15) is 5.26 Å². The van der Waals surface area contributed by atoms with Crippen molar-refractivity contribution in [2.45, 2.75) is 25.8 Å². The van der Waals surface area contributed by atoms with E-state index in [0.717, 1.165) is 25.3 Å². The molecule has 1 saturated heterocycles. The van der Waals surface area contributed by atoms with Gasteiger partial charge in [-0.05, 0) is 38.4 Å². The van der Waals surface area contributed by atoms with Crippen LogP contribution in [0.1, 0.15) is 25.5 Å². The van der Waals surface area contributed by atoms with Crippen molar-refractivity contribution in [2.24, 2.45) is 0 Å². The molecule has 0 saturated carbocycles. The van der Waals surface area contributed by atoms with Crippen molar-refractivity contribution in [3.8, 4) is 6.07 Å². The second kappa shape index (κ2) is 5.65. The van der Waals surface area contributed by atoms with Crippen LogP contribution >= 0.6 is 0 Å². The summed E-state index contributed by atoms with van der Waals surface area (Å²) in [5.41, 5.74) is 1.49. The summed E-state index contributed by atoms with van der Waals surface area (Å²) in [6.45, 7) is 5.13. The fourth-order valence-corrected chi connectivity index (χ4v) is 2.44. The molecule has 17 heavy (non-hydrogen) atoms. The quantitative estimate of drug-likeness (QED) is 0.855. The average Bonchev–Trinajstić information content (AvgIpc) is 2.41. The molecular weight excluding hydrogens is 212 g/mol. The predicted molar refractivity (Wildman–Crippen MR) is 67.9 cm³/mol. The number of likely N-dealkylation sites (N-methyl/N-ethyl adjacent to an activating group) is 1. The summed E-state index contributed by atoms with van der Waals surface area (Å²) in [6.07, 6.45) is 4.05. The van der Waals surface area contributed by atoms with Crippen LogP contribution in [0.15, 0.2) is 18.3 Å². The summed E-state index contributed by atoms with van der Waals surface area (Å²) < 4.78 is 0. The van der Waals surface area contributed by atoms with Crippen molar-refractivity contribution in [3.63, 3.8) is 0 Å². The zero-order valence-electron chi connectivity index (χ0n) is 10.2. The first-order valence-electron chi connectivity index (χ1n) is 6.19. The van der Waals surface area contributed by atoms with Gasteiger partial charge in [0.15, 0.2) is 5.69 Å². The number of hydrogen-bond donors (Lipinski definition) is 1. The summed E-state index contributed by atoms with van der Waals surface area (Å²) in [5.74, 6) is 0. The molecule has 0 amide bonds. The minimum absolute atomic E-state index is 0.477. The van der Waals surface area contributed by atoms with Gasteiger partial charge in [-0.3, -0.25) is 0 Å². The Labute approximate surface area is 102 Å². The van der Waals surface area contributed by atoms with Crippen molar-refractivity contribution in [2.75, 3.05) is 24.5 Å². The van der Waals surface area contributed by atoms with Gasteiger partial charge in [0.05, 0.1) is 5.69 Å². The van der Waals surface area contributed by atoms with Crippen molar-refractivity contribution >= 4 is 5.69 Å². The number of aromatic nitrogens is 1. The van der Waals surface area contributed by atoms with Crippen LogP contribution in [0.25, 0.3) is 0 Å². The molecule has 1 aliphatic heterocycles. The van der Waals surface area contributed by atoms with Crippen molar-refractivity contribution in [1.29, 1.82) is 5.26 Å². The number of piperidine rings is 1. The number of nitriles is 1. The Morgan fingerprint density at radius 3 is 3.18 bits per heavy atom. The number of rotatable bonds is 3. The van der Waals surface area contributed by atoms with Crippen LogP contribution in [0.5, 0.6) is 0 Å². The normalized spacial score (nSPS) is 19.6. The first-order valence-corrected chi connectivity index (χ1v) is 6.19. The van der Waals surface area contributed by atoms with Gasteiger partial charge >= 0.3 is 0 Å². The van der Waals surface area contributed by atoms with Gasteiger partial charge in [0.25, 0.3) is 0 Å². The number of hydrogen-bond acceptors (Lipinski definition) is 4. The molecule has 4 heteroatoms. The molecule has 1 aromatic heterocycles. The van der Waals surface area contributed by atoms with E-state index in [-0.39, 0.29) is 0 Å². The number of pyridine rings is 1. The molecule has 1 unspecified atom stereocenters. The number of anilines is 1. The van der Waals surface area contributed by atoms with Crippen LogP contribution in [0.2, 0.25) is 0 Å². The van der Waals surface area contributed by atoms with Gasteiger partial charge in [-0.1, -0.05) is 0 Å². The van der Waals surface area contributed by atoms with E-state index in [0.29, 0.717) is 11.7 Å². The molecule has 2 rings (SSSR count). The van der Waals surface area contributed by atoms with Crippen LogP contribution in [-0.4, -0.2) is 30.7 Å². The van der Waals surface area contributed by atoms with Gasteiger partial charge in [-0.15, -0.1) is 0 Å². The van der Waals surface area contributed by atoms with Gasteiger partial charge in [0.1, 0.15) is 6.07 Å². The summed E-state index contributed by atoms with van der Waals surface area (Å²) in [5, 5.41) is 12.5. The van der Waals surface area contributed by atoms with E-state index in [1.54, 1.807) is 6.20 Å². The van der Waals surface area contributed by atoms with Gasteiger partial charge in [0.2, 0.25) is 0 Å². The Morgan fingerprint density at radius 1 is 1.65 bits per heavy atom. The lowest BCUT2D eigenvalue weighted by Gasteiger charge is -2.35. The Hall–Kier alpha value is -1.60. The van der Waals surface area contributed by atoms with E-state index in [1.165, 1.54) is 12.8 Å². The molecule has 0 radical (unpaired) electrons.